The normalized spacial score (nSPS) is 11.0. The van der Waals surface area contributed by atoms with Crippen LogP contribution in [0.5, 0.6) is 5.75 Å². The van der Waals surface area contributed by atoms with Gasteiger partial charge in [0.25, 0.3) is 5.91 Å². The van der Waals surface area contributed by atoms with E-state index in [0.29, 0.717) is 28.1 Å². The zero-order chi connectivity index (χ0) is 16.5. The minimum absolute atomic E-state index is 0.0119. The summed E-state index contributed by atoms with van der Waals surface area (Å²) in [5.41, 5.74) is 2.71. The summed E-state index contributed by atoms with van der Waals surface area (Å²) >= 11 is 11.7. The number of amides is 1. The van der Waals surface area contributed by atoms with Crippen LogP contribution in [-0.2, 0) is 14.3 Å². The number of carbonyl (C=O) groups excluding carboxylic acids is 2. The van der Waals surface area contributed by atoms with E-state index in [-0.39, 0.29) is 13.0 Å². The van der Waals surface area contributed by atoms with Crippen molar-refractivity contribution in [2.45, 2.75) is 20.3 Å². The lowest BCUT2D eigenvalue weighted by molar-refractivity contribution is -0.141. The molecule has 0 fully saturated rings. The van der Waals surface area contributed by atoms with E-state index in [9.17, 15) is 9.59 Å². The van der Waals surface area contributed by atoms with Crippen LogP contribution >= 0.6 is 23.2 Å². The van der Waals surface area contributed by atoms with Gasteiger partial charge in [0.2, 0.25) is 0 Å². The predicted molar refractivity (Wildman–Crippen MR) is 84.5 cm³/mol. The number of ether oxygens (including phenoxy) is 2. The first kappa shape index (κ1) is 18.3. The average molecular weight is 347 g/mol. The highest BCUT2D eigenvalue weighted by molar-refractivity contribution is 6.35. The van der Waals surface area contributed by atoms with E-state index < -0.39 is 11.9 Å². The predicted octanol–water partition coefficient (Wildman–Crippen LogP) is 2.82. The second-order valence-electron chi connectivity index (χ2n) is 4.23. The number of hydrogen-bond acceptors (Lipinski definition) is 5. The Bertz CT molecular complexity index is 576. The maximum Gasteiger partial charge on any atom is 0.311 e. The number of nitrogens with one attached hydrogen (secondary N) is 1. The second kappa shape index (κ2) is 9.27. The molecule has 6 nitrogen and oxygen atoms in total. The van der Waals surface area contributed by atoms with Crippen molar-refractivity contribution in [3.8, 4) is 5.75 Å². The zero-order valence-electron chi connectivity index (χ0n) is 12.2. The Hall–Kier alpha value is -1.79. The summed E-state index contributed by atoms with van der Waals surface area (Å²) in [6, 6.07) is 4.67. The molecule has 0 heterocycles. The fourth-order valence-corrected chi connectivity index (χ4v) is 1.85. The fraction of sp³-hybridized carbons (Fsp3) is 0.357. The van der Waals surface area contributed by atoms with Gasteiger partial charge in [0.15, 0.2) is 6.61 Å². The van der Waals surface area contributed by atoms with Crippen LogP contribution in [0.15, 0.2) is 23.3 Å². The summed E-state index contributed by atoms with van der Waals surface area (Å²) in [5.74, 6) is -0.537. The lowest BCUT2D eigenvalue weighted by Crippen LogP contribution is -2.26. The molecule has 120 valence electrons. The highest BCUT2D eigenvalue weighted by Gasteiger charge is 2.07. The molecule has 8 heteroatoms. The van der Waals surface area contributed by atoms with Gasteiger partial charge in [-0.05, 0) is 32.0 Å². The molecule has 1 rings (SSSR count). The lowest BCUT2D eigenvalue weighted by Gasteiger charge is -2.07. The molecule has 0 aliphatic carbocycles. The first-order chi connectivity index (χ1) is 10.4. The van der Waals surface area contributed by atoms with Crippen LogP contribution in [0.2, 0.25) is 10.0 Å². The van der Waals surface area contributed by atoms with Gasteiger partial charge in [-0.2, -0.15) is 5.10 Å². The van der Waals surface area contributed by atoms with Crippen molar-refractivity contribution in [2.75, 3.05) is 13.2 Å². The molecule has 0 bridgehead atoms. The molecule has 0 saturated carbocycles. The minimum Gasteiger partial charge on any atom is -0.482 e. The van der Waals surface area contributed by atoms with E-state index in [1.807, 2.05) is 0 Å². The molecular formula is C14H16Cl2N2O4. The number of nitrogens with zero attached hydrogens (tertiary/aromatic N) is 1. The third kappa shape index (κ3) is 6.78. The van der Waals surface area contributed by atoms with E-state index in [4.69, 9.17) is 32.7 Å². The highest BCUT2D eigenvalue weighted by atomic mass is 35.5. The molecule has 0 unspecified atom stereocenters. The van der Waals surface area contributed by atoms with Crippen LogP contribution in [0, 0.1) is 0 Å². The Labute approximate surface area is 138 Å². The lowest BCUT2D eigenvalue weighted by atomic mass is 10.3. The Morgan fingerprint density at radius 2 is 2.05 bits per heavy atom. The van der Waals surface area contributed by atoms with Crippen LogP contribution < -0.4 is 10.2 Å². The van der Waals surface area contributed by atoms with Crippen LogP contribution in [0.25, 0.3) is 0 Å². The number of hydrazone groups is 1. The zero-order valence-corrected chi connectivity index (χ0v) is 13.7. The van der Waals surface area contributed by atoms with Crippen LogP contribution in [0.3, 0.4) is 0 Å². The van der Waals surface area contributed by atoms with Crippen LogP contribution in [0.1, 0.15) is 20.3 Å². The number of halogens is 2. The summed E-state index contributed by atoms with van der Waals surface area (Å²) in [6.07, 6.45) is 0.0119. The van der Waals surface area contributed by atoms with Crippen molar-refractivity contribution < 1.29 is 19.1 Å². The summed E-state index contributed by atoms with van der Waals surface area (Å²) < 4.78 is 10.0. The SMILES string of the molecule is CCOC(=O)C/C(C)=N/NC(=O)COc1ccc(Cl)cc1Cl. The first-order valence-electron chi connectivity index (χ1n) is 6.47. The number of rotatable bonds is 7. The fourth-order valence-electron chi connectivity index (χ4n) is 1.39. The summed E-state index contributed by atoms with van der Waals surface area (Å²) in [5, 5.41) is 4.56. The molecule has 22 heavy (non-hydrogen) atoms. The summed E-state index contributed by atoms with van der Waals surface area (Å²) in [6.45, 7) is 3.35. The van der Waals surface area contributed by atoms with Gasteiger partial charge in [-0.1, -0.05) is 23.2 Å². The Kier molecular flexibility index (Phi) is 7.70. The number of carbonyl (C=O) groups is 2. The second-order valence-corrected chi connectivity index (χ2v) is 5.07. The largest absolute Gasteiger partial charge is 0.482 e. The molecule has 1 aromatic rings. The van der Waals surface area contributed by atoms with Crippen molar-refractivity contribution >= 4 is 40.8 Å². The Morgan fingerprint density at radius 3 is 2.68 bits per heavy atom. The third-order valence-electron chi connectivity index (χ3n) is 2.33. The molecule has 0 aromatic heterocycles. The van der Waals surface area contributed by atoms with Gasteiger partial charge in [-0.3, -0.25) is 9.59 Å². The Morgan fingerprint density at radius 1 is 1.32 bits per heavy atom. The maximum atomic E-state index is 11.6. The van der Waals surface area contributed by atoms with Gasteiger partial charge in [0.05, 0.1) is 18.1 Å². The van der Waals surface area contributed by atoms with Gasteiger partial charge in [0.1, 0.15) is 5.75 Å². The van der Waals surface area contributed by atoms with Crippen molar-refractivity contribution in [3.05, 3.63) is 28.2 Å². The third-order valence-corrected chi connectivity index (χ3v) is 2.86. The van der Waals surface area contributed by atoms with Crippen LogP contribution in [-0.4, -0.2) is 30.8 Å². The summed E-state index contributed by atoms with van der Waals surface area (Å²) in [7, 11) is 0. The van der Waals surface area contributed by atoms with Crippen LogP contribution in [0.4, 0.5) is 0 Å². The average Bonchev–Trinajstić information content (AvgIpc) is 2.44. The molecular weight excluding hydrogens is 331 g/mol. The topological polar surface area (TPSA) is 77.0 Å². The van der Waals surface area contributed by atoms with Crippen molar-refractivity contribution in [3.63, 3.8) is 0 Å². The molecule has 0 spiro atoms. The standard InChI is InChI=1S/C14H16Cl2N2O4/c1-3-21-14(20)6-9(2)17-18-13(19)8-22-12-5-4-10(15)7-11(12)16/h4-5,7H,3,6,8H2,1-2H3,(H,18,19)/b17-9+. The van der Waals surface area contributed by atoms with E-state index in [1.54, 1.807) is 26.0 Å². The number of benzene rings is 1. The molecule has 0 aliphatic rings. The molecule has 0 saturated heterocycles. The monoisotopic (exact) mass is 346 g/mol. The molecule has 1 amide bonds. The van der Waals surface area contributed by atoms with Gasteiger partial charge in [-0.15, -0.1) is 0 Å². The Balaban J connectivity index is 2.41. The van der Waals surface area contributed by atoms with Gasteiger partial charge >= 0.3 is 5.97 Å². The smallest absolute Gasteiger partial charge is 0.311 e. The van der Waals surface area contributed by atoms with Crippen molar-refractivity contribution in [1.29, 1.82) is 0 Å². The molecule has 1 aromatic carbocycles. The van der Waals surface area contributed by atoms with E-state index >= 15 is 0 Å². The maximum absolute atomic E-state index is 11.6. The number of hydrogen-bond donors (Lipinski definition) is 1. The number of esters is 1. The highest BCUT2D eigenvalue weighted by Crippen LogP contribution is 2.27. The van der Waals surface area contributed by atoms with Crippen molar-refractivity contribution in [2.24, 2.45) is 5.10 Å². The van der Waals surface area contributed by atoms with Crippen molar-refractivity contribution in [1.82, 2.24) is 5.43 Å². The van der Waals surface area contributed by atoms with E-state index in [2.05, 4.69) is 10.5 Å². The summed E-state index contributed by atoms with van der Waals surface area (Å²) in [4.78, 5) is 22.8. The molecule has 0 atom stereocenters. The molecule has 0 aliphatic heterocycles. The minimum atomic E-state index is -0.478. The van der Waals surface area contributed by atoms with Gasteiger partial charge in [0, 0.05) is 10.7 Å². The van der Waals surface area contributed by atoms with Gasteiger partial charge in [-0.25, -0.2) is 5.43 Å². The quantitative estimate of drug-likeness (QED) is 0.467. The first-order valence-corrected chi connectivity index (χ1v) is 7.23. The van der Waals surface area contributed by atoms with E-state index in [1.165, 1.54) is 6.07 Å². The molecule has 1 N–H and O–H groups in total. The van der Waals surface area contributed by atoms with E-state index in [0.717, 1.165) is 0 Å². The van der Waals surface area contributed by atoms with Gasteiger partial charge < -0.3 is 9.47 Å². The molecule has 0 radical (unpaired) electrons.